The van der Waals surface area contributed by atoms with Crippen LogP contribution < -0.4 is 0 Å². The maximum absolute atomic E-state index is 6.49. The molecule has 2 aromatic heterocycles. The summed E-state index contributed by atoms with van der Waals surface area (Å²) in [5.41, 5.74) is 3.49. The minimum atomic E-state index is 0.617. The largest absolute Gasteiger partial charge is 0.352 e. The quantitative estimate of drug-likeness (QED) is 0.474. The summed E-state index contributed by atoms with van der Waals surface area (Å²) in [6.07, 6.45) is 0. The molecule has 0 amide bonds. The molecule has 19 heavy (non-hydrogen) atoms. The van der Waals surface area contributed by atoms with Crippen LogP contribution in [0.4, 0.5) is 0 Å². The number of pyridine rings is 1. The number of halogens is 2. The number of fused-ring (bicyclic) bond motifs is 4. The molecule has 0 spiro atoms. The Hall–Kier alpha value is -1.77. The van der Waals surface area contributed by atoms with Crippen molar-refractivity contribution in [2.24, 2.45) is 0 Å². The number of hydrogen-bond donors (Lipinski definition) is 1. The first-order valence-electron chi connectivity index (χ1n) is 5.90. The first-order chi connectivity index (χ1) is 9.25. The molecular weight excluding hydrogens is 279 g/mol. The molecule has 0 radical (unpaired) electrons. The van der Waals surface area contributed by atoms with Crippen molar-refractivity contribution in [3.63, 3.8) is 0 Å². The minimum absolute atomic E-state index is 0.617. The van der Waals surface area contributed by atoms with Gasteiger partial charge in [0.1, 0.15) is 0 Å². The van der Waals surface area contributed by atoms with Crippen LogP contribution in [0.5, 0.6) is 0 Å². The van der Waals surface area contributed by atoms with Crippen LogP contribution in [-0.4, -0.2) is 9.97 Å². The van der Waals surface area contributed by atoms with Crippen molar-refractivity contribution >= 4 is 56.0 Å². The van der Waals surface area contributed by atoms with Crippen LogP contribution in [0.3, 0.4) is 0 Å². The van der Waals surface area contributed by atoms with E-state index in [2.05, 4.69) is 9.97 Å². The summed E-state index contributed by atoms with van der Waals surface area (Å²) in [6.45, 7) is 0. The van der Waals surface area contributed by atoms with E-state index in [1.807, 2.05) is 42.5 Å². The number of rotatable bonds is 0. The predicted octanol–water partition coefficient (Wildman–Crippen LogP) is 5.18. The normalized spacial score (nSPS) is 11.7. The van der Waals surface area contributed by atoms with E-state index in [1.165, 1.54) is 0 Å². The van der Waals surface area contributed by atoms with Gasteiger partial charge in [-0.25, -0.2) is 4.98 Å². The second-order valence-electron chi connectivity index (χ2n) is 4.46. The van der Waals surface area contributed by atoms with Crippen molar-refractivity contribution in [3.8, 4) is 0 Å². The number of nitrogens with zero attached hydrogens (tertiary/aromatic N) is 1. The van der Waals surface area contributed by atoms with Crippen LogP contribution in [0, 0.1) is 0 Å². The lowest BCUT2D eigenvalue weighted by Crippen LogP contribution is -1.83. The fourth-order valence-electron chi connectivity index (χ4n) is 2.45. The summed E-state index contributed by atoms with van der Waals surface area (Å²) in [7, 11) is 0. The molecule has 0 saturated heterocycles. The van der Waals surface area contributed by atoms with Crippen molar-refractivity contribution in [1.29, 1.82) is 0 Å². The smallest absolute Gasteiger partial charge is 0.0981 e. The molecule has 4 heteroatoms. The highest BCUT2D eigenvalue weighted by atomic mass is 35.5. The number of H-pyrrole nitrogens is 1. The molecule has 0 saturated carbocycles. The van der Waals surface area contributed by atoms with E-state index in [1.54, 1.807) is 0 Å². The number of nitrogens with one attached hydrogen (secondary N) is 1. The zero-order valence-corrected chi connectivity index (χ0v) is 11.3. The van der Waals surface area contributed by atoms with E-state index in [0.717, 1.165) is 32.8 Å². The maximum atomic E-state index is 6.49. The third-order valence-electron chi connectivity index (χ3n) is 3.35. The van der Waals surface area contributed by atoms with Crippen LogP contribution in [-0.2, 0) is 0 Å². The summed E-state index contributed by atoms with van der Waals surface area (Å²) in [6, 6.07) is 13.7. The summed E-state index contributed by atoms with van der Waals surface area (Å²) in [5.74, 6) is 0. The molecular formula is C15H8Cl2N2. The van der Waals surface area contributed by atoms with Crippen LogP contribution in [0.25, 0.3) is 32.8 Å². The Morgan fingerprint density at radius 3 is 2.53 bits per heavy atom. The molecule has 4 rings (SSSR count). The lowest BCUT2D eigenvalue weighted by atomic mass is 10.2. The van der Waals surface area contributed by atoms with Crippen molar-refractivity contribution in [2.75, 3.05) is 0 Å². The van der Waals surface area contributed by atoms with Gasteiger partial charge in [0.05, 0.1) is 26.6 Å². The molecule has 2 heterocycles. The van der Waals surface area contributed by atoms with E-state index >= 15 is 0 Å². The molecule has 92 valence electrons. The SMILES string of the molecule is Clc1cccc2c(Cl)c3[nH]c4ccccc4c3nc12. The first-order valence-corrected chi connectivity index (χ1v) is 6.65. The van der Waals surface area contributed by atoms with Crippen LogP contribution >= 0.6 is 23.2 Å². The lowest BCUT2D eigenvalue weighted by Gasteiger charge is -2.03. The molecule has 0 unspecified atom stereocenters. The molecule has 2 nitrogen and oxygen atoms in total. The third-order valence-corrected chi connectivity index (χ3v) is 4.04. The molecule has 0 fully saturated rings. The van der Waals surface area contributed by atoms with Gasteiger partial charge in [-0.2, -0.15) is 0 Å². The summed E-state index contributed by atoms with van der Waals surface area (Å²) in [5, 5.41) is 3.21. The van der Waals surface area contributed by atoms with Gasteiger partial charge >= 0.3 is 0 Å². The molecule has 0 aliphatic rings. The zero-order valence-electron chi connectivity index (χ0n) is 9.74. The molecule has 1 N–H and O–H groups in total. The fraction of sp³-hybridized carbons (Fsp3) is 0. The van der Waals surface area contributed by atoms with E-state index in [4.69, 9.17) is 23.2 Å². The van der Waals surface area contributed by atoms with E-state index in [9.17, 15) is 0 Å². The molecule has 0 bridgehead atoms. The molecule has 0 aliphatic heterocycles. The van der Waals surface area contributed by atoms with Gasteiger partial charge in [0.25, 0.3) is 0 Å². The van der Waals surface area contributed by atoms with Gasteiger partial charge in [0, 0.05) is 16.3 Å². The van der Waals surface area contributed by atoms with Crippen molar-refractivity contribution in [3.05, 3.63) is 52.5 Å². The van der Waals surface area contributed by atoms with Crippen LogP contribution in [0.2, 0.25) is 10.0 Å². The summed E-state index contributed by atoms with van der Waals surface area (Å²) >= 11 is 12.7. The Morgan fingerprint density at radius 2 is 1.63 bits per heavy atom. The van der Waals surface area contributed by atoms with Gasteiger partial charge in [-0.05, 0) is 12.1 Å². The van der Waals surface area contributed by atoms with Crippen molar-refractivity contribution in [1.82, 2.24) is 9.97 Å². The number of aromatic nitrogens is 2. The Kier molecular flexibility index (Phi) is 2.25. The molecule has 4 aromatic rings. The second-order valence-corrected chi connectivity index (χ2v) is 5.24. The van der Waals surface area contributed by atoms with Gasteiger partial charge in [-0.1, -0.05) is 53.5 Å². The van der Waals surface area contributed by atoms with Crippen molar-refractivity contribution < 1.29 is 0 Å². The van der Waals surface area contributed by atoms with E-state index < -0.39 is 0 Å². The highest BCUT2D eigenvalue weighted by Crippen LogP contribution is 2.35. The van der Waals surface area contributed by atoms with Gasteiger partial charge < -0.3 is 4.98 Å². The Morgan fingerprint density at radius 1 is 0.842 bits per heavy atom. The maximum Gasteiger partial charge on any atom is 0.0981 e. The summed E-state index contributed by atoms with van der Waals surface area (Å²) in [4.78, 5) is 8.00. The van der Waals surface area contributed by atoms with Crippen LogP contribution in [0.15, 0.2) is 42.5 Å². The molecule has 0 atom stereocenters. The average Bonchev–Trinajstić information content (AvgIpc) is 2.80. The van der Waals surface area contributed by atoms with Crippen molar-refractivity contribution in [2.45, 2.75) is 0 Å². The topological polar surface area (TPSA) is 28.7 Å². The highest BCUT2D eigenvalue weighted by Gasteiger charge is 2.13. The number of para-hydroxylation sites is 2. The standard InChI is InChI=1S/C15H8Cl2N2/c16-10-6-3-5-9-12(17)15-14(19-13(9)10)8-4-1-2-7-11(8)18-15/h1-7,18H. The lowest BCUT2D eigenvalue weighted by molar-refractivity contribution is 1.49. The highest BCUT2D eigenvalue weighted by molar-refractivity contribution is 6.43. The minimum Gasteiger partial charge on any atom is -0.352 e. The average molecular weight is 287 g/mol. The number of aromatic amines is 1. The fourth-order valence-corrected chi connectivity index (χ4v) is 2.96. The predicted molar refractivity (Wildman–Crippen MR) is 81.1 cm³/mol. The Balaban J connectivity index is 2.34. The van der Waals surface area contributed by atoms with E-state index in [0.29, 0.717) is 10.0 Å². The van der Waals surface area contributed by atoms with E-state index in [-0.39, 0.29) is 0 Å². The van der Waals surface area contributed by atoms with Gasteiger partial charge in [-0.15, -0.1) is 0 Å². The molecule has 2 aromatic carbocycles. The van der Waals surface area contributed by atoms with Gasteiger partial charge in [0.15, 0.2) is 0 Å². The monoisotopic (exact) mass is 286 g/mol. The van der Waals surface area contributed by atoms with Crippen LogP contribution in [0.1, 0.15) is 0 Å². The van der Waals surface area contributed by atoms with Gasteiger partial charge in [0.2, 0.25) is 0 Å². The first kappa shape index (κ1) is 11.1. The second kappa shape index (κ2) is 3.86. The number of hydrogen-bond acceptors (Lipinski definition) is 1. The summed E-state index contributed by atoms with van der Waals surface area (Å²) < 4.78 is 0. The Labute approximate surface area is 119 Å². The van der Waals surface area contributed by atoms with Gasteiger partial charge in [-0.3, -0.25) is 0 Å². The Bertz CT molecular complexity index is 941. The number of benzene rings is 2. The molecule has 0 aliphatic carbocycles. The zero-order chi connectivity index (χ0) is 13.0. The third kappa shape index (κ3) is 1.47.